The number of amides is 1. The fourth-order valence-electron chi connectivity index (χ4n) is 1.60. The minimum Gasteiger partial charge on any atom is -0.348 e. The molecule has 103 valence electrons. The number of aromatic nitrogens is 1. The zero-order valence-electron chi connectivity index (χ0n) is 10.2. The van der Waals surface area contributed by atoms with Crippen molar-refractivity contribution in [2.45, 2.75) is 12.7 Å². The normalized spacial score (nSPS) is 11.2. The highest BCUT2D eigenvalue weighted by Gasteiger charge is 2.30. The van der Waals surface area contributed by atoms with E-state index in [9.17, 15) is 18.0 Å². The van der Waals surface area contributed by atoms with Gasteiger partial charge in [-0.3, -0.25) is 9.78 Å². The van der Waals surface area contributed by atoms with Gasteiger partial charge in [0.2, 0.25) is 0 Å². The molecule has 2 aromatic rings. The molecule has 6 heteroatoms. The Labute approximate surface area is 113 Å². The number of hydrogen-bond donors (Lipinski definition) is 1. The summed E-state index contributed by atoms with van der Waals surface area (Å²) in [7, 11) is 0. The van der Waals surface area contributed by atoms with Crippen LogP contribution < -0.4 is 5.32 Å². The van der Waals surface area contributed by atoms with Gasteiger partial charge in [-0.2, -0.15) is 13.2 Å². The molecule has 0 aliphatic carbocycles. The molecule has 3 nitrogen and oxygen atoms in total. The first-order chi connectivity index (χ1) is 9.47. The van der Waals surface area contributed by atoms with Crippen LogP contribution in [-0.2, 0) is 12.7 Å². The molecule has 0 atom stereocenters. The molecule has 0 saturated carbocycles. The molecule has 1 heterocycles. The van der Waals surface area contributed by atoms with Crippen LogP contribution in [0.2, 0.25) is 0 Å². The smallest absolute Gasteiger partial charge is 0.348 e. The highest BCUT2D eigenvalue weighted by Crippen LogP contribution is 2.29. The minimum atomic E-state index is -4.39. The Morgan fingerprint density at radius 1 is 1.30 bits per heavy atom. The molecule has 0 fully saturated rings. The highest BCUT2D eigenvalue weighted by atomic mass is 19.4. The second-order valence-electron chi connectivity index (χ2n) is 4.05. The second kappa shape index (κ2) is 5.73. The van der Waals surface area contributed by atoms with Gasteiger partial charge in [0.05, 0.1) is 11.8 Å². The fraction of sp³-hybridized carbons (Fsp3) is 0.143. The summed E-state index contributed by atoms with van der Waals surface area (Å²) in [6.07, 6.45) is -0.463. The van der Waals surface area contributed by atoms with E-state index in [4.69, 9.17) is 0 Å². The first-order valence-electron chi connectivity index (χ1n) is 5.73. The van der Waals surface area contributed by atoms with Crippen LogP contribution in [0, 0.1) is 6.20 Å². The Morgan fingerprint density at radius 3 is 2.75 bits per heavy atom. The van der Waals surface area contributed by atoms with E-state index < -0.39 is 11.7 Å². The van der Waals surface area contributed by atoms with Crippen LogP contribution in [0.25, 0.3) is 0 Å². The average molecular weight is 279 g/mol. The molecule has 0 aliphatic rings. The lowest BCUT2D eigenvalue weighted by atomic mass is 10.1. The summed E-state index contributed by atoms with van der Waals surface area (Å²) in [4.78, 5) is 15.4. The Hall–Kier alpha value is -2.37. The third kappa shape index (κ3) is 3.57. The van der Waals surface area contributed by atoms with Crippen molar-refractivity contribution in [1.82, 2.24) is 10.3 Å². The van der Waals surface area contributed by atoms with Crippen molar-refractivity contribution in [2.24, 2.45) is 0 Å². The van der Waals surface area contributed by atoms with Crippen LogP contribution in [-0.4, -0.2) is 10.9 Å². The van der Waals surface area contributed by atoms with Crippen molar-refractivity contribution in [1.29, 1.82) is 0 Å². The van der Waals surface area contributed by atoms with Crippen molar-refractivity contribution in [3.63, 3.8) is 0 Å². The Morgan fingerprint density at radius 2 is 2.10 bits per heavy atom. The van der Waals surface area contributed by atoms with Crippen LogP contribution >= 0.6 is 0 Å². The molecule has 2 rings (SSSR count). The predicted molar refractivity (Wildman–Crippen MR) is 65.7 cm³/mol. The lowest BCUT2D eigenvalue weighted by Gasteiger charge is -2.09. The van der Waals surface area contributed by atoms with Gasteiger partial charge >= 0.3 is 6.18 Å². The molecule has 1 amide bonds. The van der Waals surface area contributed by atoms with E-state index in [1.165, 1.54) is 30.5 Å². The fourth-order valence-corrected chi connectivity index (χ4v) is 1.60. The van der Waals surface area contributed by atoms with Gasteiger partial charge in [0, 0.05) is 18.3 Å². The van der Waals surface area contributed by atoms with E-state index in [0.29, 0.717) is 11.1 Å². The molecule has 0 aliphatic heterocycles. The summed E-state index contributed by atoms with van der Waals surface area (Å²) >= 11 is 0. The van der Waals surface area contributed by atoms with E-state index in [1.54, 1.807) is 0 Å². The van der Waals surface area contributed by atoms with Gasteiger partial charge in [-0.25, -0.2) is 0 Å². The lowest BCUT2D eigenvalue weighted by Crippen LogP contribution is -2.23. The molecule has 20 heavy (non-hydrogen) atoms. The quantitative estimate of drug-likeness (QED) is 0.938. The molecule has 0 bridgehead atoms. The minimum absolute atomic E-state index is 0.0189. The van der Waals surface area contributed by atoms with E-state index in [-0.39, 0.29) is 12.5 Å². The van der Waals surface area contributed by atoms with Gasteiger partial charge in [-0.15, -0.1) is 0 Å². The van der Waals surface area contributed by atoms with E-state index >= 15 is 0 Å². The van der Waals surface area contributed by atoms with Crippen molar-refractivity contribution in [3.8, 4) is 0 Å². The van der Waals surface area contributed by atoms with E-state index in [2.05, 4.69) is 16.5 Å². The predicted octanol–water partition coefficient (Wildman–Crippen LogP) is 2.83. The largest absolute Gasteiger partial charge is 0.416 e. The standard InChI is InChI=1S/C14H10F3N2O/c15-14(16,17)12-3-1-2-10(8-12)9-19-13(20)11-4-6-18-7-5-11/h1-6,8H,9H2,(H,19,20). The zero-order valence-corrected chi connectivity index (χ0v) is 10.2. The topological polar surface area (TPSA) is 42.0 Å². The van der Waals surface area contributed by atoms with Crippen molar-refractivity contribution in [2.75, 3.05) is 0 Å². The van der Waals surface area contributed by atoms with E-state index in [1.807, 2.05) is 0 Å². The number of rotatable bonds is 3. The molecular weight excluding hydrogens is 269 g/mol. The summed E-state index contributed by atoms with van der Waals surface area (Å²) in [5.74, 6) is -0.388. The molecule has 1 aromatic carbocycles. The number of benzene rings is 1. The number of nitrogens with zero attached hydrogens (tertiary/aromatic N) is 1. The van der Waals surface area contributed by atoms with Gasteiger partial charge in [0.1, 0.15) is 0 Å². The maximum atomic E-state index is 12.5. The highest BCUT2D eigenvalue weighted by molar-refractivity contribution is 5.93. The summed E-state index contributed by atoms with van der Waals surface area (Å²) < 4.78 is 37.6. The number of carbonyl (C=O) groups excluding carboxylic acids is 1. The number of carbonyl (C=O) groups is 1. The maximum Gasteiger partial charge on any atom is 0.416 e. The Bertz CT molecular complexity index is 597. The van der Waals surface area contributed by atoms with Gasteiger partial charge in [-0.1, -0.05) is 12.1 Å². The molecule has 0 saturated heterocycles. The van der Waals surface area contributed by atoms with Gasteiger partial charge in [-0.05, 0) is 29.8 Å². The first-order valence-corrected chi connectivity index (χ1v) is 5.73. The maximum absolute atomic E-state index is 12.5. The van der Waals surface area contributed by atoms with E-state index in [0.717, 1.165) is 12.1 Å². The summed E-state index contributed by atoms with van der Waals surface area (Å²) in [6, 6.07) is 7.74. The van der Waals surface area contributed by atoms with Crippen molar-refractivity contribution < 1.29 is 18.0 Å². The number of alkyl halides is 3. The number of hydrogen-bond acceptors (Lipinski definition) is 2. The van der Waals surface area contributed by atoms with Crippen molar-refractivity contribution in [3.05, 3.63) is 65.5 Å². The molecule has 0 spiro atoms. The van der Waals surface area contributed by atoms with Gasteiger partial charge in [0.25, 0.3) is 5.91 Å². The Balaban J connectivity index is 2.03. The Kier molecular flexibility index (Phi) is 4.02. The molecule has 0 unspecified atom stereocenters. The van der Waals surface area contributed by atoms with Crippen molar-refractivity contribution >= 4 is 5.91 Å². The van der Waals surface area contributed by atoms with Crippen LogP contribution in [0.1, 0.15) is 21.5 Å². The van der Waals surface area contributed by atoms with Gasteiger partial charge in [0.15, 0.2) is 0 Å². The van der Waals surface area contributed by atoms with Crippen LogP contribution in [0.5, 0.6) is 0 Å². The lowest BCUT2D eigenvalue weighted by molar-refractivity contribution is -0.137. The number of pyridine rings is 1. The van der Waals surface area contributed by atoms with Crippen LogP contribution in [0.4, 0.5) is 13.2 Å². The first kappa shape index (κ1) is 14.0. The molecule has 1 aromatic heterocycles. The number of nitrogens with one attached hydrogen (secondary N) is 1. The third-order valence-corrected chi connectivity index (χ3v) is 2.59. The van der Waals surface area contributed by atoms with Crippen LogP contribution in [0.3, 0.4) is 0 Å². The molecule has 1 radical (unpaired) electrons. The SMILES string of the molecule is O=C(NCc1cccc(C(F)(F)F)c1)c1c[c]ncc1. The number of halogens is 3. The second-order valence-corrected chi connectivity index (χ2v) is 4.05. The monoisotopic (exact) mass is 279 g/mol. The van der Waals surface area contributed by atoms with Crippen LogP contribution in [0.15, 0.2) is 42.6 Å². The third-order valence-electron chi connectivity index (χ3n) is 2.59. The van der Waals surface area contributed by atoms with Gasteiger partial charge < -0.3 is 5.32 Å². The summed E-state index contributed by atoms with van der Waals surface area (Å²) in [6.45, 7) is 0.0189. The zero-order chi connectivity index (χ0) is 14.6. The molecule has 1 N–H and O–H groups in total. The summed E-state index contributed by atoms with van der Waals surface area (Å²) in [5.41, 5.74) is -0.000296. The molecular formula is C14H10F3N2O. The average Bonchev–Trinajstić information content (AvgIpc) is 2.45. The summed E-state index contributed by atoms with van der Waals surface area (Å²) in [5, 5.41) is 2.54.